The van der Waals surface area contributed by atoms with Crippen molar-refractivity contribution < 1.29 is 9.53 Å². The highest BCUT2D eigenvalue weighted by Crippen LogP contribution is 2.17. The normalized spacial score (nSPS) is 9.06. The van der Waals surface area contributed by atoms with Crippen molar-refractivity contribution in [1.29, 1.82) is 0 Å². The minimum Gasteiger partial charge on any atom is -0.493 e. The van der Waals surface area contributed by atoms with Crippen LogP contribution in [-0.4, -0.2) is 19.1 Å². The molecule has 0 heterocycles. The van der Waals surface area contributed by atoms with E-state index in [0.29, 0.717) is 18.0 Å². The number of amides is 1. The first-order valence-electron chi connectivity index (χ1n) is 4.73. The predicted octanol–water partition coefficient (Wildman–Crippen LogP) is 2.33. The number of rotatable bonds is 5. The molecule has 0 aromatic heterocycles. The van der Waals surface area contributed by atoms with E-state index < -0.39 is 0 Å². The quantitative estimate of drug-likeness (QED) is 0.357. The average molecular weight is 220 g/mol. The summed E-state index contributed by atoms with van der Waals surface area (Å²) in [5, 5.41) is 5.99. The molecule has 1 aromatic carbocycles. The first-order chi connectivity index (χ1) is 7.72. The molecule has 0 radical (unpaired) electrons. The summed E-state index contributed by atoms with van der Waals surface area (Å²) in [4.78, 5) is 13.4. The molecule has 0 saturated carbocycles. The van der Waals surface area contributed by atoms with Crippen LogP contribution in [0.15, 0.2) is 29.4 Å². The number of nitrogens with one attached hydrogen (secondary N) is 1. The van der Waals surface area contributed by atoms with Crippen molar-refractivity contribution in [1.82, 2.24) is 0 Å². The Morgan fingerprint density at radius 1 is 1.62 bits per heavy atom. The van der Waals surface area contributed by atoms with Gasteiger partial charge in [0.15, 0.2) is 0 Å². The zero-order chi connectivity index (χ0) is 11.8. The van der Waals surface area contributed by atoms with Crippen LogP contribution in [-0.2, 0) is 4.79 Å². The second-order valence-electron chi connectivity index (χ2n) is 3.01. The number of carbonyl (C=O) groups excluding carboxylic acids is 1. The van der Waals surface area contributed by atoms with Crippen LogP contribution in [0.3, 0.4) is 0 Å². The molecule has 0 aliphatic carbocycles. The maximum Gasteiger partial charge on any atom is 0.221 e. The van der Waals surface area contributed by atoms with E-state index in [-0.39, 0.29) is 12.5 Å². The lowest BCUT2D eigenvalue weighted by atomic mass is 10.3. The second kappa shape index (κ2) is 6.31. The van der Waals surface area contributed by atoms with Gasteiger partial charge in [-0.1, -0.05) is 11.2 Å². The van der Waals surface area contributed by atoms with Crippen LogP contribution < -0.4 is 10.1 Å². The van der Waals surface area contributed by atoms with E-state index in [0.717, 1.165) is 0 Å². The van der Waals surface area contributed by atoms with Gasteiger partial charge in [0.05, 0.1) is 13.2 Å². The van der Waals surface area contributed by atoms with E-state index in [1.54, 1.807) is 24.3 Å². The van der Waals surface area contributed by atoms with Gasteiger partial charge in [-0.2, -0.15) is 0 Å². The third-order valence-corrected chi connectivity index (χ3v) is 1.68. The minimum atomic E-state index is -0.133. The van der Waals surface area contributed by atoms with Gasteiger partial charge in [-0.05, 0) is 17.7 Å². The van der Waals surface area contributed by atoms with Crippen molar-refractivity contribution in [2.45, 2.75) is 6.92 Å². The minimum absolute atomic E-state index is 0.133. The molecule has 0 unspecified atom stereocenters. The van der Waals surface area contributed by atoms with E-state index in [2.05, 4.69) is 15.3 Å². The van der Waals surface area contributed by atoms with Crippen LogP contribution in [0.4, 0.5) is 5.69 Å². The smallest absolute Gasteiger partial charge is 0.221 e. The van der Waals surface area contributed by atoms with Crippen LogP contribution in [0, 0.1) is 0 Å². The molecule has 6 heteroatoms. The molecule has 0 bridgehead atoms. The number of anilines is 1. The average Bonchev–Trinajstić information content (AvgIpc) is 2.24. The largest absolute Gasteiger partial charge is 0.493 e. The van der Waals surface area contributed by atoms with Gasteiger partial charge < -0.3 is 10.1 Å². The summed E-state index contributed by atoms with van der Waals surface area (Å²) < 4.78 is 5.31. The van der Waals surface area contributed by atoms with Crippen LogP contribution in [0.5, 0.6) is 5.75 Å². The van der Waals surface area contributed by atoms with E-state index in [4.69, 9.17) is 10.3 Å². The molecular formula is C10H12N4O2. The number of carbonyl (C=O) groups is 1. The zero-order valence-electron chi connectivity index (χ0n) is 8.88. The molecule has 1 rings (SSSR count). The van der Waals surface area contributed by atoms with Gasteiger partial charge in [-0.3, -0.25) is 4.79 Å². The summed E-state index contributed by atoms with van der Waals surface area (Å²) in [6.45, 7) is 2.03. The second-order valence-corrected chi connectivity index (χ2v) is 3.01. The fourth-order valence-electron chi connectivity index (χ4n) is 1.12. The maximum atomic E-state index is 10.8. The molecule has 6 nitrogen and oxygen atoms in total. The number of nitrogens with zero attached hydrogens (tertiary/aromatic N) is 3. The Morgan fingerprint density at radius 2 is 2.44 bits per heavy atom. The predicted molar refractivity (Wildman–Crippen MR) is 60.3 cm³/mol. The van der Waals surface area contributed by atoms with Gasteiger partial charge in [0.25, 0.3) is 0 Å². The SMILES string of the molecule is CC(=O)Nc1cccc(OCCN=[N+]=[N-])c1. The van der Waals surface area contributed by atoms with Crippen molar-refractivity contribution in [2.24, 2.45) is 5.11 Å². The summed E-state index contributed by atoms with van der Waals surface area (Å²) in [6.07, 6.45) is 0. The molecule has 16 heavy (non-hydrogen) atoms. The van der Waals surface area contributed by atoms with Gasteiger partial charge in [0, 0.05) is 23.6 Å². The Labute approximate surface area is 92.8 Å². The van der Waals surface area contributed by atoms with Crippen molar-refractivity contribution >= 4 is 11.6 Å². The summed E-state index contributed by atoms with van der Waals surface area (Å²) >= 11 is 0. The Morgan fingerprint density at radius 3 is 3.12 bits per heavy atom. The maximum absolute atomic E-state index is 10.8. The lowest BCUT2D eigenvalue weighted by Gasteiger charge is -2.06. The van der Waals surface area contributed by atoms with Gasteiger partial charge in [-0.25, -0.2) is 0 Å². The standard InChI is InChI=1S/C10H12N4O2/c1-8(15)13-9-3-2-4-10(7-9)16-6-5-12-14-11/h2-4,7H,5-6H2,1H3,(H,13,15). The van der Waals surface area contributed by atoms with Gasteiger partial charge in [-0.15, -0.1) is 0 Å². The fourth-order valence-corrected chi connectivity index (χ4v) is 1.12. The number of azide groups is 1. The van der Waals surface area contributed by atoms with E-state index in [1.807, 2.05) is 0 Å². The molecule has 1 N–H and O–H groups in total. The number of benzene rings is 1. The first-order valence-corrected chi connectivity index (χ1v) is 4.73. The van der Waals surface area contributed by atoms with E-state index in [9.17, 15) is 4.79 Å². The van der Waals surface area contributed by atoms with Gasteiger partial charge in [0.1, 0.15) is 5.75 Å². The zero-order valence-corrected chi connectivity index (χ0v) is 8.88. The molecule has 0 aliphatic heterocycles. The highest BCUT2D eigenvalue weighted by atomic mass is 16.5. The molecule has 0 aliphatic rings. The molecule has 0 spiro atoms. The topological polar surface area (TPSA) is 87.1 Å². The molecular weight excluding hydrogens is 208 g/mol. The Balaban J connectivity index is 2.53. The fraction of sp³-hybridized carbons (Fsp3) is 0.300. The highest BCUT2D eigenvalue weighted by molar-refractivity contribution is 5.88. The summed E-state index contributed by atoms with van der Waals surface area (Å²) in [5.74, 6) is 0.491. The van der Waals surface area contributed by atoms with Crippen LogP contribution >= 0.6 is 0 Å². The van der Waals surface area contributed by atoms with E-state index in [1.165, 1.54) is 6.92 Å². The monoisotopic (exact) mass is 220 g/mol. The van der Waals surface area contributed by atoms with Crippen LogP contribution in [0.25, 0.3) is 10.4 Å². The Bertz CT molecular complexity index is 413. The van der Waals surface area contributed by atoms with Crippen molar-refractivity contribution in [3.63, 3.8) is 0 Å². The van der Waals surface area contributed by atoms with Crippen LogP contribution in [0.1, 0.15) is 6.92 Å². The van der Waals surface area contributed by atoms with Gasteiger partial charge in [0.2, 0.25) is 5.91 Å². The van der Waals surface area contributed by atoms with Gasteiger partial charge >= 0.3 is 0 Å². The molecule has 1 amide bonds. The third-order valence-electron chi connectivity index (χ3n) is 1.68. The van der Waals surface area contributed by atoms with Crippen molar-refractivity contribution in [2.75, 3.05) is 18.5 Å². The summed E-state index contributed by atoms with van der Waals surface area (Å²) in [6, 6.07) is 7.01. The number of ether oxygens (including phenoxy) is 1. The number of hydrogen-bond donors (Lipinski definition) is 1. The van der Waals surface area contributed by atoms with Crippen LogP contribution in [0.2, 0.25) is 0 Å². The highest BCUT2D eigenvalue weighted by Gasteiger charge is 1.97. The van der Waals surface area contributed by atoms with E-state index >= 15 is 0 Å². The molecule has 1 aromatic rings. The lowest BCUT2D eigenvalue weighted by Crippen LogP contribution is -2.06. The Kier molecular flexibility index (Phi) is 4.69. The van der Waals surface area contributed by atoms with Crippen molar-refractivity contribution in [3.05, 3.63) is 34.7 Å². The molecule has 0 saturated heterocycles. The first kappa shape index (κ1) is 11.9. The van der Waals surface area contributed by atoms with Crippen molar-refractivity contribution in [3.8, 4) is 5.75 Å². The third kappa shape index (κ3) is 4.34. The lowest BCUT2D eigenvalue weighted by molar-refractivity contribution is -0.114. The molecule has 0 fully saturated rings. The number of hydrogen-bond acceptors (Lipinski definition) is 3. The Hall–Kier alpha value is -2.20. The molecule has 84 valence electrons. The molecule has 0 atom stereocenters. The summed E-state index contributed by atoms with van der Waals surface area (Å²) in [7, 11) is 0. The summed E-state index contributed by atoms with van der Waals surface area (Å²) in [5.41, 5.74) is 8.74.